The molecule has 1 aliphatic carbocycles. The Morgan fingerprint density at radius 3 is 2.51 bits per heavy atom. The highest BCUT2D eigenvalue weighted by molar-refractivity contribution is 14.1. The Morgan fingerprint density at radius 2 is 1.82 bits per heavy atom. The largest absolute Gasteiger partial charge is 0.545 e. The maximum atomic E-state index is 16.6. The highest BCUT2D eigenvalue weighted by atomic mass is 127. The summed E-state index contributed by atoms with van der Waals surface area (Å²) in [6.07, 6.45) is -0.524. The third-order valence-corrected chi connectivity index (χ3v) is 8.71. The molecule has 5 atom stereocenters. The lowest BCUT2D eigenvalue weighted by atomic mass is 9.67. The van der Waals surface area contributed by atoms with E-state index in [0.29, 0.717) is 9.13 Å². The number of alkyl halides is 3. The van der Waals surface area contributed by atoms with Gasteiger partial charge in [0, 0.05) is 39.9 Å². The van der Waals surface area contributed by atoms with E-state index in [2.05, 4.69) is 10.3 Å². The lowest BCUT2D eigenvalue weighted by Crippen LogP contribution is -2.55. The zero-order valence-corrected chi connectivity index (χ0v) is 25.7. The van der Waals surface area contributed by atoms with Crippen molar-refractivity contribution in [2.45, 2.75) is 43.1 Å². The van der Waals surface area contributed by atoms with Crippen molar-refractivity contribution in [3.8, 4) is 0 Å². The zero-order chi connectivity index (χ0) is 32.5. The minimum Gasteiger partial charge on any atom is -0.545 e. The lowest BCUT2D eigenvalue weighted by molar-refractivity contribution is -0.255. The highest BCUT2D eigenvalue weighted by Gasteiger charge is 2.54. The monoisotopic (exact) mass is 735 g/mol. The van der Waals surface area contributed by atoms with Crippen LogP contribution < -0.4 is 21.1 Å². The van der Waals surface area contributed by atoms with Crippen molar-refractivity contribution in [3.05, 3.63) is 111 Å². The van der Waals surface area contributed by atoms with E-state index in [1.54, 1.807) is 12.1 Å². The summed E-state index contributed by atoms with van der Waals surface area (Å²) < 4.78 is 62.5. The number of halogens is 5. The molecule has 3 aromatic rings. The van der Waals surface area contributed by atoms with E-state index in [0.717, 1.165) is 11.0 Å². The Kier molecular flexibility index (Phi) is 9.60. The number of hydrogen-bond donors (Lipinski definition) is 3. The summed E-state index contributed by atoms with van der Waals surface area (Å²) in [6.45, 7) is -0.553. The van der Waals surface area contributed by atoms with Crippen LogP contribution in [0, 0.1) is 15.3 Å². The van der Waals surface area contributed by atoms with Crippen LogP contribution in [0.2, 0.25) is 0 Å². The van der Waals surface area contributed by atoms with Gasteiger partial charge in [0.2, 0.25) is 6.30 Å². The predicted molar refractivity (Wildman–Crippen MR) is 166 cm³/mol. The molecule has 0 spiro atoms. The van der Waals surface area contributed by atoms with Crippen LogP contribution >= 0.6 is 22.6 Å². The molecule has 8 nitrogen and oxygen atoms in total. The van der Waals surface area contributed by atoms with Gasteiger partial charge in [-0.15, -0.1) is 0 Å². The van der Waals surface area contributed by atoms with Gasteiger partial charge in [0.05, 0.1) is 41.5 Å². The van der Waals surface area contributed by atoms with Crippen LogP contribution in [-0.4, -0.2) is 47.6 Å². The minimum atomic E-state index is -3.45. The van der Waals surface area contributed by atoms with Gasteiger partial charge in [0.1, 0.15) is 5.82 Å². The number of anilines is 1. The number of nitrogens with zero attached hydrogens (tertiary/aromatic N) is 2. The van der Waals surface area contributed by atoms with E-state index in [4.69, 9.17) is 5.73 Å². The van der Waals surface area contributed by atoms with Crippen LogP contribution in [0.1, 0.15) is 56.6 Å². The normalized spacial score (nSPS) is 23.3. The summed E-state index contributed by atoms with van der Waals surface area (Å²) >= 11 is 1.91. The molecule has 0 bridgehead atoms. The summed E-state index contributed by atoms with van der Waals surface area (Å²) in [5.41, 5.74) is 5.67. The van der Waals surface area contributed by atoms with E-state index < -0.39 is 72.4 Å². The molecule has 45 heavy (non-hydrogen) atoms. The predicted octanol–water partition coefficient (Wildman–Crippen LogP) is 4.44. The topological polar surface area (TPSA) is 131 Å². The molecule has 1 heterocycles. The Balaban J connectivity index is 1.49. The number of carbonyl (C=O) groups excluding carboxylic acids is 2. The molecule has 4 unspecified atom stereocenters. The van der Waals surface area contributed by atoms with E-state index in [9.17, 15) is 24.2 Å². The number of hydrogen-bond acceptors (Lipinski definition) is 7. The average molecular weight is 735 g/mol. The Labute approximate surface area is 269 Å². The molecule has 1 fully saturated rings. The van der Waals surface area contributed by atoms with Gasteiger partial charge in [-0.3, -0.25) is 9.79 Å². The second-order valence-electron chi connectivity index (χ2n) is 10.9. The molecule has 1 amide bonds. The molecule has 13 heteroatoms. The quantitative estimate of drug-likeness (QED) is 0.178. The fourth-order valence-corrected chi connectivity index (χ4v) is 6.68. The van der Waals surface area contributed by atoms with Crippen molar-refractivity contribution in [2.24, 2.45) is 16.6 Å². The first-order chi connectivity index (χ1) is 21.4. The Morgan fingerprint density at radius 1 is 1.13 bits per heavy atom. The molecule has 2 aliphatic rings. The van der Waals surface area contributed by atoms with E-state index in [-0.39, 0.29) is 28.9 Å². The molecule has 0 radical (unpaired) electrons. The SMILES string of the molecule is NC1CCC(F)(F)C(c2ccccc2C(=O)[O-])C1C1=NC=CN(c2ccccc2C(=O)N[C@H](CO)c2cc(F)cc(I)c2)C1F. The summed E-state index contributed by atoms with van der Waals surface area (Å²) in [5.74, 6) is -9.60. The summed E-state index contributed by atoms with van der Waals surface area (Å²) in [4.78, 5) is 30.6. The first kappa shape index (κ1) is 32.6. The van der Waals surface area contributed by atoms with Crippen LogP contribution in [0.3, 0.4) is 0 Å². The highest BCUT2D eigenvalue weighted by Crippen LogP contribution is 2.50. The molecule has 1 aliphatic heterocycles. The summed E-state index contributed by atoms with van der Waals surface area (Å²) in [6, 6.07) is 13.2. The minimum absolute atomic E-state index is 0.0206. The number of carboxylic acids is 1. The maximum absolute atomic E-state index is 16.6. The smallest absolute Gasteiger partial charge is 0.255 e. The van der Waals surface area contributed by atoms with E-state index >= 15 is 13.2 Å². The standard InChI is InChI=1S/C32H29F4IN4O4/c33-18-13-17(14-19(37)15-18)24(16-42)40-30(43)22-7-3-4-8-25(22)41-12-11-39-28(29(41)34)26-23(38)9-10-32(35,36)27(26)20-5-1-2-6-21(20)31(44)45/h1-8,11-15,23-24,26-27,29,42H,9-10,16,38H2,(H,40,43)(H,44,45)/p-1/t23?,24-,26?,27?,29?/m1/s1. The number of nitrogens with one attached hydrogen (secondary N) is 1. The van der Waals surface area contributed by atoms with Gasteiger partial charge in [-0.2, -0.15) is 0 Å². The van der Waals surface area contributed by atoms with Gasteiger partial charge in [-0.25, -0.2) is 17.6 Å². The molecule has 3 aromatic carbocycles. The molecular formula is C32H28F4IN4O4-. The Hall–Kier alpha value is -3.82. The van der Waals surface area contributed by atoms with Crippen molar-refractivity contribution >= 4 is 45.9 Å². The second-order valence-corrected chi connectivity index (χ2v) is 12.1. The molecule has 236 valence electrons. The average Bonchev–Trinajstić information content (AvgIpc) is 3.00. The van der Waals surface area contributed by atoms with Gasteiger partial charge >= 0.3 is 0 Å². The van der Waals surface area contributed by atoms with E-state index in [1.165, 1.54) is 60.9 Å². The fourth-order valence-electron chi connectivity index (χ4n) is 6.02. The number of aliphatic imine (C=N–C) groups is 1. The van der Waals surface area contributed by atoms with Crippen LogP contribution in [-0.2, 0) is 0 Å². The lowest BCUT2D eigenvalue weighted by Gasteiger charge is -2.45. The van der Waals surface area contributed by atoms with Crippen molar-refractivity contribution in [1.29, 1.82) is 0 Å². The molecule has 0 aromatic heterocycles. The first-order valence-electron chi connectivity index (χ1n) is 14.0. The number of para-hydroxylation sites is 1. The molecule has 4 N–H and O–H groups in total. The van der Waals surface area contributed by atoms with Crippen molar-refractivity contribution in [2.75, 3.05) is 11.5 Å². The number of aliphatic hydroxyl groups is 1. The van der Waals surface area contributed by atoms with Crippen molar-refractivity contribution in [1.82, 2.24) is 5.32 Å². The summed E-state index contributed by atoms with van der Waals surface area (Å²) in [5, 5.41) is 24.5. The summed E-state index contributed by atoms with van der Waals surface area (Å²) in [7, 11) is 0. The van der Waals surface area contributed by atoms with E-state index in [1.807, 2.05) is 22.6 Å². The van der Waals surface area contributed by atoms with Gasteiger partial charge in [-0.05, 0) is 70.5 Å². The third kappa shape index (κ3) is 6.60. The van der Waals surface area contributed by atoms with Gasteiger partial charge in [0.15, 0.2) is 0 Å². The number of rotatable bonds is 8. The van der Waals surface area contributed by atoms with Gasteiger partial charge < -0.3 is 31.0 Å². The maximum Gasteiger partial charge on any atom is 0.255 e. The Bertz CT molecular complexity index is 1650. The fraction of sp³-hybridized carbons (Fsp3) is 0.281. The van der Waals surface area contributed by atoms with Gasteiger partial charge in [0.25, 0.3) is 11.8 Å². The van der Waals surface area contributed by atoms with Crippen LogP contribution in [0.5, 0.6) is 0 Å². The number of aliphatic hydroxyl groups excluding tert-OH is 1. The number of aromatic carboxylic acids is 1. The third-order valence-electron chi connectivity index (χ3n) is 8.08. The number of carbonyl (C=O) groups is 2. The van der Waals surface area contributed by atoms with Crippen LogP contribution in [0.4, 0.5) is 23.2 Å². The molecule has 1 saturated carbocycles. The van der Waals surface area contributed by atoms with Crippen LogP contribution in [0.15, 0.2) is 84.1 Å². The molecular weight excluding hydrogens is 707 g/mol. The number of carboxylic acid groups (broad SMARTS) is 1. The van der Waals surface area contributed by atoms with Gasteiger partial charge in [-0.1, -0.05) is 36.4 Å². The van der Waals surface area contributed by atoms with Crippen molar-refractivity contribution in [3.63, 3.8) is 0 Å². The molecule has 5 rings (SSSR count). The molecule has 0 saturated heterocycles. The first-order valence-corrected chi connectivity index (χ1v) is 15.1. The number of nitrogens with two attached hydrogens (primary N) is 1. The van der Waals surface area contributed by atoms with Crippen LogP contribution in [0.25, 0.3) is 0 Å². The number of amides is 1. The zero-order valence-electron chi connectivity index (χ0n) is 23.5. The van der Waals surface area contributed by atoms with Crippen molar-refractivity contribution < 1.29 is 37.4 Å². The number of benzene rings is 3. The second kappa shape index (κ2) is 13.3.